The third kappa shape index (κ3) is 7.72. The molecule has 0 atom stereocenters. The molecule has 2 aromatic carbocycles. The maximum Gasteiger partial charge on any atom is 0.251 e. The van der Waals surface area contributed by atoms with E-state index in [1.807, 2.05) is 54.6 Å². The first-order valence-corrected chi connectivity index (χ1v) is 10.8. The van der Waals surface area contributed by atoms with Crippen LogP contribution >= 0.6 is 24.0 Å². The SMILES string of the molecule is CCNC(=NCCc1cccc(C(=O)NC)c1)N1CCC(Oc2ccccc2)CC1.I. The summed E-state index contributed by atoms with van der Waals surface area (Å²) in [6.07, 6.45) is 3.01. The van der Waals surface area contributed by atoms with Crippen molar-refractivity contribution in [2.75, 3.05) is 33.2 Å². The van der Waals surface area contributed by atoms with Crippen molar-refractivity contribution in [3.8, 4) is 5.75 Å². The lowest BCUT2D eigenvalue weighted by atomic mass is 10.1. The second-order valence-electron chi connectivity index (χ2n) is 7.38. The molecule has 7 heteroatoms. The standard InChI is InChI=1S/C24H32N4O2.HI/c1-3-26-24(27-15-12-19-8-7-9-20(18-19)23(29)25-2)28-16-13-22(14-17-28)30-21-10-5-4-6-11-21;/h4-11,18,22H,3,12-17H2,1-2H3,(H,25,29)(H,26,27);1H. The van der Waals surface area contributed by atoms with E-state index in [0.29, 0.717) is 12.1 Å². The second kappa shape index (κ2) is 13.2. The van der Waals surface area contributed by atoms with E-state index in [0.717, 1.165) is 56.2 Å². The summed E-state index contributed by atoms with van der Waals surface area (Å²) in [4.78, 5) is 19.0. The number of rotatable bonds is 7. The summed E-state index contributed by atoms with van der Waals surface area (Å²) in [5.74, 6) is 1.84. The van der Waals surface area contributed by atoms with E-state index in [2.05, 4.69) is 22.5 Å². The maximum absolute atomic E-state index is 11.8. The summed E-state index contributed by atoms with van der Waals surface area (Å²) in [6, 6.07) is 17.8. The maximum atomic E-state index is 11.8. The van der Waals surface area contributed by atoms with Crippen molar-refractivity contribution in [1.82, 2.24) is 15.5 Å². The summed E-state index contributed by atoms with van der Waals surface area (Å²) in [6.45, 7) is 5.46. The Bertz CT molecular complexity index is 836. The van der Waals surface area contributed by atoms with Gasteiger partial charge in [0.25, 0.3) is 5.91 Å². The molecule has 1 aliphatic heterocycles. The van der Waals surface area contributed by atoms with Gasteiger partial charge in [0.2, 0.25) is 0 Å². The van der Waals surface area contributed by atoms with E-state index < -0.39 is 0 Å². The van der Waals surface area contributed by atoms with Crippen molar-refractivity contribution in [2.45, 2.75) is 32.3 Å². The minimum absolute atomic E-state index is 0. The third-order valence-electron chi connectivity index (χ3n) is 5.20. The fraction of sp³-hybridized carbons (Fsp3) is 0.417. The van der Waals surface area contributed by atoms with Crippen LogP contribution in [0.15, 0.2) is 59.6 Å². The number of halogens is 1. The number of para-hydroxylation sites is 1. The van der Waals surface area contributed by atoms with Gasteiger partial charge in [0.1, 0.15) is 11.9 Å². The Balaban J connectivity index is 0.00000341. The summed E-state index contributed by atoms with van der Waals surface area (Å²) in [7, 11) is 1.65. The largest absolute Gasteiger partial charge is 0.490 e. The highest BCUT2D eigenvalue weighted by molar-refractivity contribution is 14.0. The van der Waals surface area contributed by atoms with Gasteiger partial charge in [-0.15, -0.1) is 24.0 Å². The van der Waals surface area contributed by atoms with Gasteiger partial charge in [0.05, 0.1) is 0 Å². The number of likely N-dealkylation sites (tertiary alicyclic amines) is 1. The third-order valence-corrected chi connectivity index (χ3v) is 5.20. The number of hydrogen-bond donors (Lipinski definition) is 2. The smallest absolute Gasteiger partial charge is 0.251 e. The lowest BCUT2D eigenvalue weighted by Crippen LogP contribution is -2.47. The van der Waals surface area contributed by atoms with Crippen molar-refractivity contribution in [1.29, 1.82) is 0 Å². The van der Waals surface area contributed by atoms with Crippen LogP contribution in [0.25, 0.3) is 0 Å². The van der Waals surface area contributed by atoms with Gasteiger partial charge in [-0.25, -0.2) is 0 Å². The number of hydrogen-bond acceptors (Lipinski definition) is 3. The molecule has 31 heavy (non-hydrogen) atoms. The predicted molar refractivity (Wildman–Crippen MR) is 137 cm³/mol. The van der Waals surface area contributed by atoms with Gasteiger partial charge in [-0.1, -0.05) is 30.3 Å². The molecule has 1 amide bonds. The van der Waals surface area contributed by atoms with Crippen molar-refractivity contribution in [3.05, 3.63) is 65.7 Å². The fourth-order valence-electron chi connectivity index (χ4n) is 3.61. The van der Waals surface area contributed by atoms with Crippen LogP contribution in [-0.2, 0) is 6.42 Å². The molecule has 0 unspecified atom stereocenters. The highest BCUT2D eigenvalue weighted by Crippen LogP contribution is 2.18. The van der Waals surface area contributed by atoms with E-state index in [4.69, 9.17) is 9.73 Å². The zero-order valence-electron chi connectivity index (χ0n) is 18.3. The topological polar surface area (TPSA) is 66.0 Å². The molecule has 0 aliphatic carbocycles. The molecule has 1 aliphatic rings. The summed E-state index contributed by atoms with van der Waals surface area (Å²) in [5, 5.41) is 6.08. The highest BCUT2D eigenvalue weighted by Gasteiger charge is 2.22. The van der Waals surface area contributed by atoms with E-state index in [9.17, 15) is 4.79 Å². The summed E-state index contributed by atoms with van der Waals surface area (Å²) in [5.41, 5.74) is 1.80. The number of aliphatic imine (C=N–C) groups is 1. The monoisotopic (exact) mass is 536 g/mol. The molecule has 0 aromatic heterocycles. The Hall–Kier alpha value is -2.29. The first kappa shape index (κ1) is 25.0. The number of carbonyl (C=O) groups is 1. The Labute approximate surface area is 202 Å². The molecular formula is C24H33IN4O2. The molecule has 6 nitrogen and oxygen atoms in total. The molecule has 0 spiro atoms. The molecule has 1 saturated heterocycles. The van der Waals surface area contributed by atoms with E-state index >= 15 is 0 Å². The normalized spacial score (nSPS) is 14.5. The Morgan fingerprint density at radius 1 is 1.13 bits per heavy atom. The molecule has 2 N–H and O–H groups in total. The van der Waals surface area contributed by atoms with Crippen LogP contribution < -0.4 is 15.4 Å². The fourth-order valence-corrected chi connectivity index (χ4v) is 3.61. The molecule has 1 fully saturated rings. The van der Waals surface area contributed by atoms with E-state index in [1.165, 1.54) is 0 Å². The van der Waals surface area contributed by atoms with Crippen LogP contribution in [0.4, 0.5) is 0 Å². The minimum atomic E-state index is -0.0608. The average Bonchev–Trinajstić information content (AvgIpc) is 2.79. The van der Waals surface area contributed by atoms with Gasteiger partial charge in [-0.05, 0) is 43.2 Å². The number of piperidine rings is 1. The molecular weight excluding hydrogens is 503 g/mol. The zero-order chi connectivity index (χ0) is 21.2. The first-order chi connectivity index (χ1) is 14.7. The quantitative estimate of drug-likeness (QED) is 0.322. The van der Waals surface area contributed by atoms with Gasteiger partial charge >= 0.3 is 0 Å². The molecule has 0 bridgehead atoms. The molecule has 3 rings (SSSR count). The average molecular weight is 536 g/mol. The van der Waals surface area contributed by atoms with Crippen molar-refractivity contribution in [3.63, 3.8) is 0 Å². The number of nitrogens with one attached hydrogen (secondary N) is 2. The number of amides is 1. The lowest BCUT2D eigenvalue weighted by molar-refractivity contribution is 0.0963. The summed E-state index contributed by atoms with van der Waals surface area (Å²) >= 11 is 0. The van der Waals surface area contributed by atoms with Gasteiger partial charge in [0.15, 0.2) is 5.96 Å². The summed E-state index contributed by atoms with van der Waals surface area (Å²) < 4.78 is 6.10. The molecule has 1 heterocycles. The molecule has 0 radical (unpaired) electrons. The zero-order valence-corrected chi connectivity index (χ0v) is 20.7. The van der Waals surface area contributed by atoms with Gasteiger partial charge < -0.3 is 20.3 Å². The van der Waals surface area contributed by atoms with Crippen LogP contribution in [0.2, 0.25) is 0 Å². The van der Waals surface area contributed by atoms with Crippen LogP contribution in [-0.4, -0.2) is 56.1 Å². The Morgan fingerprint density at radius 3 is 2.55 bits per heavy atom. The van der Waals surface area contributed by atoms with Crippen LogP contribution in [0.1, 0.15) is 35.7 Å². The van der Waals surface area contributed by atoms with E-state index in [1.54, 1.807) is 7.05 Å². The van der Waals surface area contributed by atoms with Gasteiger partial charge in [0, 0.05) is 51.6 Å². The Kier molecular flexibility index (Phi) is 10.6. The van der Waals surface area contributed by atoms with Gasteiger partial charge in [-0.2, -0.15) is 0 Å². The number of guanidine groups is 1. The number of benzene rings is 2. The van der Waals surface area contributed by atoms with Gasteiger partial charge in [-0.3, -0.25) is 9.79 Å². The number of nitrogens with zero attached hydrogens (tertiary/aromatic N) is 2. The van der Waals surface area contributed by atoms with Crippen LogP contribution in [0, 0.1) is 0 Å². The first-order valence-electron chi connectivity index (χ1n) is 10.8. The second-order valence-corrected chi connectivity index (χ2v) is 7.38. The lowest BCUT2D eigenvalue weighted by Gasteiger charge is -2.34. The van der Waals surface area contributed by atoms with E-state index in [-0.39, 0.29) is 36.0 Å². The number of ether oxygens (including phenoxy) is 1. The predicted octanol–water partition coefficient (Wildman–Crippen LogP) is 3.72. The molecule has 0 saturated carbocycles. The molecule has 2 aromatic rings. The minimum Gasteiger partial charge on any atom is -0.490 e. The van der Waals surface area contributed by atoms with Crippen molar-refractivity contribution >= 4 is 35.8 Å². The number of carbonyl (C=O) groups excluding carboxylic acids is 1. The van der Waals surface area contributed by atoms with Crippen molar-refractivity contribution in [2.24, 2.45) is 4.99 Å². The van der Waals surface area contributed by atoms with Crippen LogP contribution in [0.5, 0.6) is 5.75 Å². The van der Waals surface area contributed by atoms with Crippen LogP contribution in [0.3, 0.4) is 0 Å². The molecule has 168 valence electrons. The highest BCUT2D eigenvalue weighted by atomic mass is 127. The Morgan fingerprint density at radius 2 is 1.87 bits per heavy atom. The van der Waals surface area contributed by atoms with Crippen molar-refractivity contribution < 1.29 is 9.53 Å².